The first-order chi connectivity index (χ1) is 25.6. The summed E-state index contributed by atoms with van der Waals surface area (Å²) in [6.45, 7) is 13.5. The lowest BCUT2D eigenvalue weighted by atomic mass is 9.89. The predicted octanol–water partition coefficient (Wildman–Crippen LogP) is 11.6. The van der Waals surface area contributed by atoms with Gasteiger partial charge in [-0.2, -0.15) is 0 Å². The van der Waals surface area contributed by atoms with Gasteiger partial charge in [-0.05, 0) is 97.2 Å². The van der Waals surface area contributed by atoms with Crippen molar-refractivity contribution in [2.24, 2.45) is 0 Å². The fourth-order valence-electron chi connectivity index (χ4n) is 7.91. The van der Waals surface area contributed by atoms with E-state index in [9.17, 15) is 10.2 Å². The first-order valence-electron chi connectivity index (χ1n) is 18.7. The Morgan fingerprint density at radius 2 is 0.811 bits per heavy atom. The second kappa shape index (κ2) is 17.1. The van der Waals surface area contributed by atoms with Gasteiger partial charge < -0.3 is 19.7 Å². The molecule has 0 aliphatic carbocycles. The first kappa shape index (κ1) is 37.6. The largest absolute Gasteiger partial charge is 0.507 e. The fraction of sp³-hybridized carbons (Fsp3) is 0.265. The molecule has 2 N–H and O–H groups in total. The molecule has 0 spiro atoms. The lowest BCUT2D eigenvalue weighted by molar-refractivity contribution is -0.0290. The zero-order chi connectivity index (χ0) is 37.5. The maximum atomic E-state index is 11.8. The highest BCUT2D eigenvalue weighted by Gasteiger charge is 2.24. The van der Waals surface area contributed by atoms with Crippen molar-refractivity contribution in [2.45, 2.75) is 86.2 Å². The van der Waals surface area contributed by atoms with E-state index in [4.69, 9.17) is 9.47 Å². The van der Waals surface area contributed by atoms with E-state index in [-0.39, 0.29) is 23.7 Å². The predicted molar refractivity (Wildman–Crippen MR) is 218 cm³/mol. The van der Waals surface area contributed by atoms with Gasteiger partial charge >= 0.3 is 0 Å². The third kappa shape index (κ3) is 9.26. The van der Waals surface area contributed by atoms with Crippen molar-refractivity contribution in [1.29, 1.82) is 0 Å². The number of hydrogen-bond donors (Lipinski definition) is 2. The van der Waals surface area contributed by atoms with Crippen molar-refractivity contribution >= 4 is 0 Å². The molecule has 0 saturated carbocycles. The minimum absolute atomic E-state index is 0.284. The van der Waals surface area contributed by atoms with Gasteiger partial charge in [-0.1, -0.05) is 132 Å². The van der Waals surface area contributed by atoms with Crippen LogP contribution in [0.25, 0.3) is 22.3 Å². The highest BCUT2D eigenvalue weighted by Crippen LogP contribution is 2.39. The zero-order valence-corrected chi connectivity index (χ0v) is 31.9. The molecule has 2 atom stereocenters. The summed E-state index contributed by atoms with van der Waals surface area (Å²) in [6, 6.07) is 41.1. The molecule has 0 aliphatic rings. The molecule has 0 aliphatic heterocycles. The summed E-state index contributed by atoms with van der Waals surface area (Å²) in [6.07, 6.45) is 0.969. The minimum atomic E-state index is -0.288. The van der Waals surface area contributed by atoms with Crippen LogP contribution in [-0.4, -0.2) is 22.4 Å². The second-order valence-electron chi connectivity index (χ2n) is 14.7. The van der Waals surface area contributed by atoms with Crippen LogP contribution in [0.15, 0.2) is 121 Å². The molecule has 0 fully saturated rings. The quantitative estimate of drug-likeness (QED) is 0.118. The summed E-state index contributed by atoms with van der Waals surface area (Å²) in [5.74, 6) is 0.568. The standard InChI is InChI=1S/C49H52O4/c1-32-23-34(3)46(35(4)24-32)44-21-13-19-40(48(44)50)27-42(52-30-38-15-9-7-10-16-38)29-43(53-31-39-17-11-8-12-18-39)28-41-20-14-22-45(49(41)51)47-36(5)25-33(2)26-37(47)6/h7-26,42-43,50-51H,27-31H2,1-6H3/t42-,43-/m1/s1. The number of rotatable bonds is 14. The summed E-state index contributed by atoms with van der Waals surface area (Å²) in [5, 5.41) is 23.7. The van der Waals surface area contributed by atoms with E-state index in [0.29, 0.717) is 32.5 Å². The number of hydrogen-bond acceptors (Lipinski definition) is 4. The highest BCUT2D eigenvalue weighted by molar-refractivity contribution is 5.78. The number of aromatic hydroxyl groups is 2. The number of benzene rings is 6. The van der Waals surface area contributed by atoms with Crippen LogP contribution in [0.3, 0.4) is 0 Å². The van der Waals surface area contributed by atoms with Crippen LogP contribution in [0.2, 0.25) is 0 Å². The van der Waals surface area contributed by atoms with Gasteiger partial charge in [0.1, 0.15) is 11.5 Å². The lowest BCUT2D eigenvalue weighted by Crippen LogP contribution is -2.27. The van der Waals surface area contributed by atoms with E-state index < -0.39 is 0 Å². The van der Waals surface area contributed by atoms with Crippen LogP contribution in [-0.2, 0) is 35.5 Å². The molecule has 6 aromatic rings. The van der Waals surface area contributed by atoms with Gasteiger partial charge in [0.25, 0.3) is 0 Å². The van der Waals surface area contributed by atoms with Gasteiger partial charge in [-0.3, -0.25) is 0 Å². The molecular weight excluding hydrogens is 653 g/mol. The smallest absolute Gasteiger partial charge is 0.126 e. The van der Waals surface area contributed by atoms with Crippen molar-refractivity contribution in [2.75, 3.05) is 0 Å². The Kier molecular flexibility index (Phi) is 12.1. The number of phenols is 2. The number of para-hydroxylation sites is 2. The minimum Gasteiger partial charge on any atom is -0.507 e. The van der Waals surface area contributed by atoms with Crippen LogP contribution < -0.4 is 0 Å². The maximum absolute atomic E-state index is 11.8. The molecule has 6 rings (SSSR count). The number of phenolic OH excluding ortho intramolecular Hbond substituents is 2. The molecule has 272 valence electrons. The molecule has 0 saturated heterocycles. The van der Waals surface area contributed by atoms with Gasteiger partial charge in [-0.15, -0.1) is 0 Å². The molecule has 0 aromatic heterocycles. The molecule has 0 amide bonds. The van der Waals surface area contributed by atoms with Crippen LogP contribution >= 0.6 is 0 Å². The SMILES string of the molecule is Cc1cc(C)c(-c2cccc(C[C@H](C[C@@H](Cc3cccc(-c4c(C)cc(C)cc4C)c3O)OCc3ccccc3)OCc3ccccc3)c2O)c(C)c1. The summed E-state index contributed by atoms with van der Waals surface area (Å²) in [7, 11) is 0. The van der Waals surface area contributed by atoms with Crippen molar-refractivity contribution < 1.29 is 19.7 Å². The Bertz CT molecular complexity index is 1950. The highest BCUT2D eigenvalue weighted by atomic mass is 16.5. The van der Waals surface area contributed by atoms with Crippen molar-refractivity contribution in [3.8, 4) is 33.8 Å². The van der Waals surface area contributed by atoms with Gasteiger partial charge in [0.15, 0.2) is 0 Å². The first-order valence-corrected chi connectivity index (χ1v) is 18.7. The number of ether oxygens (including phenoxy) is 2. The van der Waals surface area contributed by atoms with Crippen LogP contribution in [0, 0.1) is 41.5 Å². The Labute approximate surface area is 315 Å². The van der Waals surface area contributed by atoms with E-state index in [0.717, 1.165) is 66.8 Å². The summed E-state index contributed by atoms with van der Waals surface area (Å²) < 4.78 is 13.5. The summed E-state index contributed by atoms with van der Waals surface area (Å²) in [4.78, 5) is 0. The molecular formula is C49H52O4. The monoisotopic (exact) mass is 704 g/mol. The van der Waals surface area contributed by atoms with Crippen molar-refractivity contribution in [3.05, 3.63) is 177 Å². The summed E-state index contributed by atoms with van der Waals surface area (Å²) in [5.41, 5.74) is 14.6. The van der Waals surface area contributed by atoms with E-state index in [1.807, 2.05) is 72.8 Å². The zero-order valence-electron chi connectivity index (χ0n) is 31.9. The average molecular weight is 705 g/mol. The van der Waals surface area contributed by atoms with Crippen molar-refractivity contribution in [3.63, 3.8) is 0 Å². The van der Waals surface area contributed by atoms with E-state index in [1.54, 1.807) is 0 Å². The normalized spacial score (nSPS) is 12.5. The molecule has 0 radical (unpaired) electrons. The summed E-state index contributed by atoms with van der Waals surface area (Å²) >= 11 is 0. The number of aryl methyl sites for hydroxylation is 6. The molecule has 6 aromatic carbocycles. The third-order valence-electron chi connectivity index (χ3n) is 10.2. The van der Waals surface area contributed by atoms with Crippen LogP contribution in [0.1, 0.15) is 62.1 Å². The maximum Gasteiger partial charge on any atom is 0.126 e. The fourth-order valence-corrected chi connectivity index (χ4v) is 7.91. The lowest BCUT2D eigenvalue weighted by Gasteiger charge is -2.26. The second-order valence-corrected chi connectivity index (χ2v) is 14.7. The Hall–Kier alpha value is -5.16. The van der Waals surface area contributed by atoms with E-state index in [2.05, 4.69) is 90.1 Å². The molecule has 0 heterocycles. The Morgan fingerprint density at radius 1 is 0.453 bits per heavy atom. The van der Waals surface area contributed by atoms with Crippen LogP contribution in [0.5, 0.6) is 11.5 Å². The van der Waals surface area contributed by atoms with E-state index in [1.165, 1.54) is 11.1 Å². The molecule has 0 bridgehead atoms. The Balaban J connectivity index is 1.34. The van der Waals surface area contributed by atoms with Gasteiger partial charge in [-0.25, -0.2) is 0 Å². The van der Waals surface area contributed by atoms with Crippen LogP contribution in [0.4, 0.5) is 0 Å². The van der Waals surface area contributed by atoms with E-state index >= 15 is 0 Å². The van der Waals surface area contributed by atoms with Gasteiger partial charge in [0, 0.05) is 30.4 Å². The molecule has 4 heteroatoms. The van der Waals surface area contributed by atoms with Gasteiger partial charge in [0.05, 0.1) is 25.4 Å². The Morgan fingerprint density at radius 3 is 1.17 bits per heavy atom. The van der Waals surface area contributed by atoms with Gasteiger partial charge in [0.2, 0.25) is 0 Å². The average Bonchev–Trinajstić information content (AvgIpc) is 3.12. The molecule has 4 nitrogen and oxygen atoms in total. The molecule has 0 unspecified atom stereocenters. The third-order valence-corrected chi connectivity index (χ3v) is 10.2. The molecule has 53 heavy (non-hydrogen) atoms. The van der Waals surface area contributed by atoms with Crippen molar-refractivity contribution in [1.82, 2.24) is 0 Å². The topological polar surface area (TPSA) is 58.9 Å².